The maximum absolute atomic E-state index is 13.1. The zero-order chi connectivity index (χ0) is 27.2. The molecule has 1 aromatic carbocycles. The van der Waals surface area contributed by atoms with E-state index in [1.54, 1.807) is 31.4 Å². The molecule has 2 aliphatic rings. The van der Waals surface area contributed by atoms with Crippen LogP contribution in [-0.2, 0) is 15.9 Å². The zero-order valence-electron chi connectivity index (χ0n) is 22.6. The highest BCUT2D eigenvalue weighted by molar-refractivity contribution is 6.05. The average molecular weight is 523 g/mol. The van der Waals surface area contributed by atoms with Crippen molar-refractivity contribution in [1.82, 2.24) is 9.97 Å². The van der Waals surface area contributed by atoms with Gasteiger partial charge in [0.05, 0.1) is 35.9 Å². The first-order valence-corrected chi connectivity index (χ1v) is 13.5. The van der Waals surface area contributed by atoms with Gasteiger partial charge in [-0.05, 0) is 48.9 Å². The molecule has 4 heterocycles. The van der Waals surface area contributed by atoms with Gasteiger partial charge in [-0.1, -0.05) is 27.7 Å². The molecule has 0 bridgehead atoms. The van der Waals surface area contributed by atoms with Crippen LogP contribution in [0.3, 0.4) is 0 Å². The lowest BCUT2D eigenvalue weighted by Gasteiger charge is -2.53. The Labute approximate surface area is 222 Å². The van der Waals surface area contributed by atoms with Gasteiger partial charge in [0, 0.05) is 37.2 Å². The van der Waals surface area contributed by atoms with Gasteiger partial charge >= 0.3 is 0 Å². The minimum Gasteiger partial charge on any atom is -0.545 e. The predicted octanol–water partition coefficient (Wildman–Crippen LogP) is 4.20. The number of anilines is 1. The lowest BCUT2D eigenvalue weighted by molar-refractivity contribution is -0.355. The molecule has 9 nitrogen and oxygen atoms in total. The Kier molecular flexibility index (Phi) is 7.09. The van der Waals surface area contributed by atoms with E-state index < -0.39 is 11.8 Å². The molecule has 2 aliphatic heterocycles. The minimum atomic E-state index is -1.31. The first-order valence-electron chi connectivity index (χ1n) is 13.5. The number of benzene rings is 1. The third-order valence-corrected chi connectivity index (χ3v) is 8.53. The molecule has 2 saturated heterocycles. The number of nitrogens with one attached hydrogen (secondary N) is 2. The highest BCUT2D eigenvalue weighted by Crippen LogP contribution is 2.48. The second-order valence-electron chi connectivity index (χ2n) is 11.1. The van der Waals surface area contributed by atoms with Gasteiger partial charge in [-0.2, -0.15) is 0 Å². The van der Waals surface area contributed by atoms with E-state index >= 15 is 0 Å². The molecular formula is C29H36N3O6-. The number of carboxylic acids is 1. The lowest BCUT2D eigenvalue weighted by Crippen LogP contribution is -2.58. The van der Waals surface area contributed by atoms with Crippen LogP contribution < -0.4 is 10.4 Å². The Morgan fingerprint density at radius 2 is 2.00 bits per heavy atom. The first kappa shape index (κ1) is 26.4. The fourth-order valence-corrected chi connectivity index (χ4v) is 6.26. The number of hydrogen-bond acceptors (Lipinski definition) is 8. The standard InChI is InChI=1S/C29H37N3O6/c1-15-10-11-29(17(3)13-16(2)27(38-29)18(4)26(33)20-7-6-12-31-20)37-22(15)14-23-32-25-21(36-23)9-8-19(30-5)24(25)28(34)35/h6-9,12,15-18,22,27,30-31H,10-11,13-14H2,1-5H3,(H,34,35)/p-1. The van der Waals surface area contributed by atoms with E-state index in [1.165, 1.54) is 0 Å². The molecule has 204 valence electrons. The van der Waals surface area contributed by atoms with Crippen LogP contribution in [-0.4, -0.2) is 46.8 Å². The van der Waals surface area contributed by atoms with Crippen molar-refractivity contribution in [1.29, 1.82) is 0 Å². The van der Waals surface area contributed by atoms with E-state index in [9.17, 15) is 14.7 Å². The largest absolute Gasteiger partial charge is 0.545 e. The summed E-state index contributed by atoms with van der Waals surface area (Å²) in [6, 6.07) is 6.97. The number of hydrogen-bond donors (Lipinski definition) is 2. The van der Waals surface area contributed by atoms with Crippen molar-refractivity contribution < 1.29 is 28.6 Å². The second-order valence-corrected chi connectivity index (χ2v) is 11.1. The van der Waals surface area contributed by atoms with Gasteiger partial charge in [0.15, 0.2) is 23.0 Å². The Morgan fingerprint density at radius 3 is 2.68 bits per heavy atom. The van der Waals surface area contributed by atoms with Gasteiger partial charge in [-0.15, -0.1) is 0 Å². The predicted molar refractivity (Wildman–Crippen MR) is 140 cm³/mol. The van der Waals surface area contributed by atoms with Crippen LogP contribution in [0, 0.1) is 23.7 Å². The number of aromatic amines is 1. The Bertz CT molecular complexity index is 1320. The number of oxazole rings is 1. The molecule has 5 rings (SSSR count). The van der Waals surface area contributed by atoms with Crippen molar-refractivity contribution in [2.75, 3.05) is 12.4 Å². The number of aromatic nitrogens is 2. The van der Waals surface area contributed by atoms with Gasteiger partial charge < -0.3 is 34.1 Å². The molecule has 2 fully saturated rings. The molecule has 2 aromatic heterocycles. The second kappa shape index (κ2) is 10.2. The average Bonchev–Trinajstić information content (AvgIpc) is 3.57. The van der Waals surface area contributed by atoms with Crippen molar-refractivity contribution in [2.24, 2.45) is 23.7 Å². The number of fused-ring (bicyclic) bond motifs is 1. The maximum Gasteiger partial charge on any atom is 0.198 e. The number of carboxylic acid groups (broad SMARTS) is 1. The van der Waals surface area contributed by atoms with Crippen molar-refractivity contribution in [3.8, 4) is 0 Å². The monoisotopic (exact) mass is 522 g/mol. The van der Waals surface area contributed by atoms with E-state index in [0.29, 0.717) is 29.3 Å². The van der Waals surface area contributed by atoms with E-state index in [0.717, 1.165) is 19.3 Å². The summed E-state index contributed by atoms with van der Waals surface area (Å²) in [4.78, 5) is 32.5. The van der Waals surface area contributed by atoms with Crippen LogP contribution in [0.2, 0.25) is 0 Å². The molecule has 7 atom stereocenters. The number of carbonyl (C=O) groups excluding carboxylic acids is 2. The number of rotatable bonds is 7. The zero-order valence-corrected chi connectivity index (χ0v) is 22.6. The number of carbonyl (C=O) groups is 2. The first-order chi connectivity index (χ1) is 18.1. The summed E-state index contributed by atoms with van der Waals surface area (Å²) in [5, 5.41) is 14.7. The topological polar surface area (TPSA) is 130 Å². The highest BCUT2D eigenvalue weighted by atomic mass is 16.7. The number of nitrogens with zero attached hydrogens (tertiary/aromatic N) is 1. The van der Waals surface area contributed by atoms with Crippen LogP contribution in [0.1, 0.15) is 73.7 Å². The molecule has 3 aromatic rings. The summed E-state index contributed by atoms with van der Waals surface area (Å²) < 4.78 is 19.5. The molecule has 2 N–H and O–H groups in total. The Hall–Kier alpha value is -3.17. The number of ketones is 1. The molecule has 0 aliphatic carbocycles. The quantitative estimate of drug-likeness (QED) is 0.442. The molecule has 1 spiro atoms. The van der Waals surface area contributed by atoms with Gasteiger partial charge in [0.2, 0.25) is 0 Å². The van der Waals surface area contributed by atoms with Gasteiger partial charge in [0.25, 0.3) is 0 Å². The van der Waals surface area contributed by atoms with E-state index in [2.05, 4.69) is 36.1 Å². The lowest BCUT2D eigenvalue weighted by atomic mass is 9.75. The third kappa shape index (κ3) is 4.62. The smallest absolute Gasteiger partial charge is 0.198 e. The van der Waals surface area contributed by atoms with Crippen molar-refractivity contribution >= 4 is 28.5 Å². The normalized spacial score (nSPS) is 30.4. The van der Waals surface area contributed by atoms with Crippen molar-refractivity contribution in [2.45, 2.75) is 71.4 Å². The summed E-state index contributed by atoms with van der Waals surface area (Å²) in [7, 11) is 1.65. The molecule has 0 amide bonds. The van der Waals surface area contributed by atoms with Crippen molar-refractivity contribution in [3.63, 3.8) is 0 Å². The molecular weight excluding hydrogens is 486 g/mol. The summed E-state index contributed by atoms with van der Waals surface area (Å²) in [6.45, 7) is 8.37. The summed E-state index contributed by atoms with van der Waals surface area (Å²) >= 11 is 0. The van der Waals surface area contributed by atoms with Crippen LogP contribution >= 0.6 is 0 Å². The number of Topliss-reactive ketones (excluding diaryl/α,β-unsaturated/α-hetero) is 1. The van der Waals surface area contributed by atoms with Gasteiger partial charge in [-0.25, -0.2) is 4.98 Å². The number of ether oxygens (including phenoxy) is 2. The molecule has 0 saturated carbocycles. The summed E-state index contributed by atoms with van der Waals surface area (Å²) in [5.41, 5.74) is 1.65. The fourth-order valence-electron chi connectivity index (χ4n) is 6.26. The maximum atomic E-state index is 13.1. The van der Waals surface area contributed by atoms with Crippen LogP contribution in [0.25, 0.3) is 11.1 Å². The van der Waals surface area contributed by atoms with E-state index in [1.807, 2.05) is 13.0 Å². The molecule has 38 heavy (non-hydrogen) atoms. The van der Waals surface area contributed by atoms with Crippen LogP contribution in [0.5, 0.6) is 0 Å². The third-order valence-electron chi connectivity index (χ3n) is 8.53. The highest BCUT2D eigenvalue weighted by Gasteiger charge is 2.52. The van der Waals surface area contributed by atoms with Crippen molar-refractivity contribution in [3.05, 3.63) is 47.6 Å². The van der Waals surface area contributed by atoms with E-state index in [4.69, 9.17) is 13.9 Å². The van der Waals surface area contributed by atoms with Crippen LogP contribution in [0.15, 0.2) is 34.9 Å². The summed E-state index contributed by atoms with van der Waals surface area (Å²) in [6.07, 6.45) is 4.15. The molecule has 7 unspecified atom stereocenters. The van der Waals surface area contributed by atoms with Crippen LogP contribution in [0.4, 0.5) is 5.69 Å². The Morgan fingerprint density at radius 1 is 1.21 bits per heavy atom. The SMILES string of the molecule is CNc1ccc2oc(CC3OC4(CCC3C)OC(C(C)C(=O)c3ccc[nH]3)C(C)CC4C)nc2c1C(=O)[O-]. The van der Waals surface area contributed by atoms with E-state index in [-0.39, 0.29) is 52.7 Å². The number of H-pyrrole nitrogens is 1. The Balaban J connectivity index is 1.39. The fraction of sp³-hybridized carbons (Fsp3) is 0.552. The molecule has 0 radical (unpaired) electrons. The molecule has 9 heteroatoms. The number of aromatic carboxylic acids is 1. The van der Waals surface area contributed by atoms with Gasteiger partial charge in [0.1, 0.15) is 5.52 Å². The summed E-state index contributed by atoms with van der Waals surface area (Å²) in [5.74, 6) is -1.43. The van der Waals surface area contributed by atoms with Gasteiger partial charge in [-0.3, -0.25) is 4.79 Å². The minimum absolute atomic E-state index is 0.0177.